The third-order valence-corrected chi connectivity index (χ3v) is 5.05. The second-order valence-electron chi connectivity index (χ2n) is 6.28. The first-order chi connectivity index (χ1) is 11.7. The molecule has 1 aromatic heterocycles. The van der Waals surface area contributed by atoms with Crippen LogP contribution in [0.5, 0.6) is 0 Å². The molecule has 2 atom stereocenters. The van der Waals surface area contributed by atoms with Crippen LogP contribution < -0.4 is 0 Å². The van der Waals surface area contributed by atoms with Crippen LogP contribution in [0.1, 0.15) is 36.2 Å². The Balaban J connectivity index is 1.55. The highest BCUT2D eigenvalue weighted by Crippen LogP contribution is 2.29. The number of ether oxygens (including phenoxy) is 1. The number of nitrogens with zero attached hydrogens (tertiary/aromatic N) is 4. The van der Waals surface area contributed by atoms with Crippen molar-refractivity contribution in [3.8, 4) is 5.69 Å². The summed E-state index contributed by atoms with van der Waals surface area (Å²) in [5.41, 5.74) is 1.19. The van der Waals surface area contributed by atoms with E-state index in [0.29, 0.717) is 23.9 Å². The average Bonchev–Trinajstić information content (AvgIpc) is 3.11. The Morgan fingerprint density at radius 1 is 1.21 bits per heavy atom. The lowest BCUT2D eigenvalue weighted by Gasteiger charge is -2.43. The Hall–Kier alpha value is -1.92. The molecule has 126 valence electrons. The zero-order valence-corrected chi connectivity index (χ0v) is 14.0. The maximum absolute atomic E-state index is 12.9. The van der Waals surface area contributed by atoms with Gasteiger partial charge < -0.3 is 9.64 Å². The van der Waals surface area contributed by atoms with E-state index < -0.39 is 0 Å². The van der Waals surface area contributed by atoms with Crippen molar-refractivity contribution in [2.75, 3.05) is 13.2 Å². The Bertz CT molecular complexity index is 728. The molecule has 1 saturated heterocycles. The van der Waals surface area contributed by atoms with Crippen LogP contribution in [0.2, 0.25) is 5.02 Å². The van der Waals surface area contributed by atoms with Gasteiger partial charge in [0.05, 0.1) is 30.6 Å². The highest BCUT2D eigenvalue weighted by atomic mass is 35.5. The standard InChI is InChI=1S/C17H19ClN4O2/c18-12-5-7-13(8-6-12)22-11-14(19-20-22)17(23)21-9-10-24-16-4-2-1-3-15(16)21/h5-8,11,15-16H,1-4,9-10H2/t15-,16+/m1/s1. The summed E-state index contributed by atoms with van der Waals surface area (Å²) in [6.07, 6.45) is 6.21. The molecule has 2 fully saturated rings. The largest absolute Gasteiger partial charge is 0.374 e. The number of hydrogen-bond acceptors (Lipinski definition) is 4. The molecule has 2 aromatic rings. The zero-order chi connectivity index (χ0) is 16.5. The van der Waals surface area contributed by atoms with Gasteiger partial charge in [-0.25, -0.2) is 4.68 Å². The van der Waals surface area contributed by atoms with Gasteiger partial charge >= 0.3 is 0 Å². The minimum atomic E-state index is -0.0598. The summed E-state index contributed by atoms with van der Waals surface area (Å²) in [6, 6.07) is 7.43. The molecule has 1 saturated carbocycles. The van der Waals surface area contributed by atoms with E-state index in [4.69, 9.17) is 16.3 Å². The molecule has 0 N–H and O–H groups in total. The lowest BCUT2D eigenvalue weighted by molar-refractivity contribution is -0.0754. The van der Waals surface area contributed by atoms with Gasteiger partial charge in [0.15, 0.2) is 5.69 Å². The maximum atomic E-state index is 12.9. The fourth-order valence-electron chi connectivity index (χ4n) is 3.58. The smallest absolute Gasteiger partial charge is 0.276 e. The van der Waals surface area contributed by atoms with Gasteiger partial charge in [0.25, 0.3) is 5.91 Å². The third kappa shape index (κ3) is 2.91. The van der Waals surface area contributed by atoms with Crippen molar-refractivity contribution >= 4 is 17.5 Å². The summed E-state index contributed by atoms with van der Waals surface area (Å²) in [7, 11) is 0. The predicted octanol–water partition coefficient (Wildman–Crippen LogP) is 2.70. The molecule has 0 radical (unpaired) electrons. The van der Waals surface area contributed by atoms with Crippen molar-refractivity contribution < 1.29 is 9.53 Å². The molecule has 7 heteroatoms. The number of halogens is 1. The highest BCUT2D eigenvalue weighted by molar-refractivity contribution is 6.30. The van der Waals surface area contributed by atoms with E-state index in [1.54, 1.807) is 23.0 Å². The van der Waals surface area contributed by atoms with Gasteiger partial charge in [-0.1, -0.05) is 29.7 Å². The van der Waals surface area contributed by atoms with Crippen LogP contribution in [-0.4, -0.2) is 51.1 Å². The van der Waals surface area contributed by atoms with Crippen molar-refractivity contribution in [3.05, 3.63) is 41.2 Å². The van der Waals surface area contributed by atoms with Crippen molar-refractivity contribution in [1.82, 2.24) is 19.9 Å². The minimum Gasteiger partial charge on any atom is -0.374 e. The predicted molar refractivity (Wildman–Crippen MR) is 89.4 cm³/mol. The van der Waals surface area contributed by atoms with Crippen molar-refractivity contribution in [2.45, 2.75) is 37.8 Å². The molecule has 2 heterocycles. The molecule has 24 heavy (non-hydrogen) atoms. The second-order valence-corrected chi connectivity index (χ2v) is 6.72. The van der Waals surface area contributed by atoms with Gasteiger partial charge in [0.1, 0.15) is 0 Å². The lowest BCUT2D eigenvalue weighted by Crippen LogP contribution is -2.54. The van der Waals surface area contributed by atoms with E-state index in [9.17, 15) is 4.79 Å². The number of carbonyl (C=O) groups excluding carboxylic acids is 1. The molecule has 1 aliphatic carbocycles. The van der Waals surface area contributed by atoms with Crippen molar-refractivity contribution in [3.63, 3.8) is 0 Å². The van der Waals surface area contributed by atoms with E-state index in [1.807, 2.05) is 17.0 Å². The maximum Gasteiger partial charge on any atom is 0.276 e. The number of rotatable bonds is 2. The quantitative estimate of drug-likeness (QED) is 0.838. The number of amides is 1. The van der Waals surface area contributed by atoms with Crippen molar-refractivity contribution in [2.24, 2.45) is 0 Å². The topological polar surface area (TPSA) is 60.2 Å². The van der Waals surface area contributed by atoms with Crippen LogP contribution in [0, 0.1) is 0 Å². The summed E-state index contributed by atoms with van der Waals surface area (Å²) in [4.78, 5) is 14.8. The Morgan fingerprint density at radius 3 is 2.83 bits per heavy atom. The molecule has 1 aliphatic heterocycles. The summed E-state index contributed by atoms with van der Waals surface area (Å²) in [5, 5.41) is 8.82. The number of hydrogen-bond donors (Lipinski definition) is 0. The average molecular weight is 347 g/mol. The van der Waals surface area contributed by atoms with Crippen LogP contribution >= 0.6 is 11.6 Å². The molecule has 0 spiro atoms. The summed E-state index contributed by atoms with van der Waals surface area (Å²) >= 11 is 5.90. The number of benzene rings is 1. The number of morpholine rings is 1. The first kappa shape index (κ1) is 15.6. The second kappa shape index (κ2) is 6.53. The normalized spacial score (nSPS) is 23.8. The van der Waals surface area contributed by atoms with E-state index >= 15 is 0 Å². The first-order valence-electron chi connectivity index (χ1n) is 8.33. The van der Waals surface area contributed by atoms with Crippen LogP contribution in [0.25, 0.3) is 5.69 Å². The van der Waals surface area contributed by atoms with Crippen LogP contribution in [0.4, 0.5) is 0 Å². The van der Waals surface area contributed by atoms with Gasteiger partial charge in [-0.3, -0.25) is 4.79 Å². The van der Waals surface area contributed by atoms with E-state index in [-0.39, 0.29) is 18.1 Å². The van der Waals surface area contributed by atoms with E-state index in [0.717, 1.165) is 24.9 Å². The molecule has 6 nitrogen and oxygen atoms in total. The Kier molecular flexibility index (Phi) is 4.24. The summed E-state index contributed by atoms with van der Waals surface area (Å²) in [6.45, 7) is 1.21. The molecular formula is C17H19ClN4O2. The molecule has 1 aromatic carbocycles. The molecule has 2 aliphatic rings. The van der Waals surface area contributed by atoms with Gasteiger partial charge in [-0.15, -0.1) is 5.10 Å². The van der Waals surface area contributed by atoms with Gasteiger partial charge in [0.2, 0.25) is 0 Å². The third-order valence-electron chi connectivity index (χ3n) is 4.80. The summed E-state index contributed by atoms with van der Waals surface area (Å²) in [5.74, 6) is -0.0598. The van der Waals surface area contributed by atoms with Crippen molar-refractivity contribution in [1.29, 1.82) is 0 Å². The van der Waals surface area contributed by atoms with E-state index in [2.05, 4.69) is 10.3 Å². The fraction of sp³-hybridized carbons (Fsp3) is 0.471. The first-order valence-corrected chi connectivity index (χ1v) is 8.71. The molecule has 1 amide bonds. The van der Waals surface area contributed by atoms with Crippen LogP contribution in [-0.2, 0) is 4.74 Å². The highest BCUT2D eigenvalue weighted by Gasteiger charge is 2.37. The van der Waals surface area contributed by atoms with E-state index in [1.165, 1.54) is 6.42 Å². The van der Waals surface area contributed by atoms with Crippen LogP contribution in [0.15, 0.2) is 30.5 Å². The minimum absolute atomic E-state index is 0.0598. The number of fused-ring (bicyclic) bond motifs is 1. The van der Waals surface area contributed by atoms with Crippen LogP contribution in [0.3, 0.4) is 0 Å². The molecular weight excluding hydrogens is 328 g/mol. The lowest BCUT2D eigenvalue weighted by atomic mass is 9.90. The molecule has 0 unspecified atom stereocenters. The fourth-order valence-corrected chi connectivity index (χ4v) is 3.70. The molecule has 4 rings (SSSR count). The molecule has 0 bridgehead atoms. The monoisotopic (exact) mass is 346 g/mol. The number of aromatic nitrogens is 3. The van der Waals surface area contributed by atoms with Gasteiger partial charge in [0, 0.05) is 11.6 Å². The Morgan fingerprint density at radius 2 is 2.00 bits per heavy atom. The summed E-state index contributed by atoms with van der Waals surface area (Å²) < 4.78 is 7.44. The van der Waals surface area contributed by atoms with Gasteiger partial charge in [-0.05, 0) is 37.1 Å². The Labute approximate surface area is 145 Å². The SMILES string of the molecule is O=C(c1cn(-c2ccc(Cl)cc2)nn1)N1CCO[C@H]2CCCC[C@H]21. The number of carbonyl (C=O) groups is 1. The zero-order valence-electron chi connectivity index (χ0n) is 13.3. The van der Waals surface area contributed by atoms with Gasteiger partial charge in [-0.2, -0.15) is 0 Å².